The lowest BCUT2D eigenvalue weighted by molar-refractivity contribution is -0.386. The van der Waals surface area contributed by atoms with E-state index in [2.05, 4.69) is 5.32 Å². The molecule has 0 unspecified atom stereocenters. The number of nitro groups is 1. The van der Waals surface area contributed by atoms with E-state index in [9.17, 15) is 14.5 Å². The zero-order valence-electron chi connectivity index (χ0n) is 7.37. The van der Waals surface area contributed by atoms with E-state index in [0.29, 0.717) is 5.56 Å². The van der Waals surface area contributed by atoms with E-state index in [1.165, 1.54) is 12.1 Å². The molecule has 0 spiro atoms. The maximum atomic E-state index is 12.8. The molecule has 0 amide bonds. The average molecular weight is 196 g/mol. The van der Waals surface area contributed by atoms with Gasteiger partial charge in [0.25, 0.3) is 5.69 Å². The van der Waals surface area contributed by atoms with Crippen LogP contribution in [0.15, 0.2) is 18.2 Å². The molecule has 1 saturated heterocycles. The van der Waals surface area contributed by atoms with Gasteiger partial charge in [0.15, 0.2) is 0 Å². The van der Waals surface area contributed by atoms with Crippen LogP contribution in [0.1, 0.15) is 18.0 Å². The van der Waals surface area contributed by atoms with Gasteiger partial charge in [-0.25, -0.2) is 4.39 Å². The van der Waals surface area contributed by atoms with Crippen LogP contribution in [0, 0.1) is 15.9 Å². The molecular weight excluding hydrogens is 187 g/mol. The molecule has 0 aromatic heterocycles. The number of nitrogens with one attached hydrogen (secondary N) is 1. The van der Waals surface area contributed by atoms with Crippen LogP contribution in [-0.4, -0.2) is 11.5 Å². The van der Waals surface area contributed by atoms with E-state index in [1.54, 1.807) is 0 Å². The summed E-state index contributed by atoms with van der Waals surface area (Å²) in [4.78, 5) is 10.1. The molecule has 2 rings (SSSR count). The number of rotatable bonds is 2. The molecular formula is C9H9FN2O2. The van der Waals surface area contributed by atoms with Gasteiger partial charge >= 0.3 is 0 Å². The Morgan fingerprint density at radius 1 is 1.57 bits per heavy atom. The van der Waals surface area contributed by atoms with Crippen LogP contribution in [0.2, 0.25) is 0 Å². The predicted molar refractivity (Wildman–Crippen MR) is 48.4 cm³/mol. The third-order valence-corrected chi connectivity index (χ3v) is 2.39. The molecule has 5 heteroatoms. The predicted octanol–water partition coefficient (Wildman–Crippen LogP) is 1.77. The minimum atomic E-state index is -0.570. The van der Waals surface area contributed by atoms with Crippen LogP contribution in [0.25, 0.3) is 0 Å². The van der Waals surface area contributed by atoms with Gasteiger partial charge in [0.05, 0.1) is 11.0 Å². The number of halogens is 1. The van der Waals surface area contributed by atoms with Crippen molar-refractivity contribution in [2.75, 3.05) is 6.54 Å². The summed E-state index contributed by atoms with van der Waals surface area (Å²) in [5, 5.41) is 13.7. The molecule has 1 fully saturated rings. The lowest BCUT2D eigenvalue weighted by Crippen LogP contribution is -2.35. The van der Waals surface area contributed by atoms with E-state index < -0.39 is 10.7 Å². The molecule has 1 aromatic rings. The largest absolute Gasteiger partial charge is 0.310 e. The Kier molecular flexibility index (Phi) is 2.17. The highest BCUT2D eigenvalue weighted by Gasteiger charge is 2.26. The molecule has 14 heavy (non-hydrogen) atoms. The van der Waals surface area contributed by atoms with E-state index in [4.69, 9.17) is 0 Å². The van der Waals surface area contributed by atoms with Gasteiger partial charge in [0.1, 0.15) is 5.82 Å². The molecule has 1 aromatic carbocycles. The van der Waals surface area contributed by atoms with Gasteiger partial charge in [0, 0.05) is 11.6 Å². The lowest BCUT2D eigenvalue weighted by Gasteiger charge is -2.27. The summed E-state index contributed by atoms with van der Waals surface area (Å²) < 4.78 is 12.8. The molecule has 1 N–H and O–H groups in total. The summed E-state index contributed by atoms with van der Waals surface area (Å²) >= 11 is 0. The first-order chi connectivity index (χ1) is 6.68. The highest BCUT2D eigenvalue weighted by Crippen LogP contribution is 2.31. The van der Waals surface area contributed by atoms with Crippen molar-refractivity contribution in [3.8, 4) is 0 Å². The SMILES string of the molecule is O=[N+]([O-])c1cc(F)ccc1[C@@H]1CCN1. The molecule has 1 aliphatic rings. The Morgan fingerprint density at radius 2 is 2.29 bits per heavy atom. The van der Waals surface area contributed by atoms with Gasteiger partial charge in [-0.1, -0.05) is 0 Å². The van der Waals surface area contributed by atoms with Gasteiger partial charge in [-0.2, -0.15) is 0 Å². The van der Waals surface area contributed by atoms with Crippen molar-refractivity contribution in [3.05, 3.63) is 39.7 Å². The molecule has 0 bridgehead atoms. The van der Waals surface area contributed by atoms with Crippen molar-refractivity contribution in [2.45, 2.75) is 12.5 Å². The molecule has 0 aliphatic carbocycles. The smallest absolute Gasteiger partial charge is 0.277 e. The van der Waals surface area contributed by atoms with E-state index in [-0.39, 0.29) is 11.7 Å². The molecule has 1 heterocycles. The van der Waals surface area contributed by atoms with Crippen molar-refractivity contribution in [1.29, 1.82) is 0 Å². The molecule has 0 saturated carbocycles. The van der Waals surface area contributed by atoms with Crippen LogP contribution in [0.4, 0.5) is 10.1 Å². The molecule has 1 aliphatic heterocycles. The minimum absolute atomic E-state index is 0.0102. The van der Waals surface area contributed by atoms with Gasteiger partial charge < -0.3 is 5.32 Å². The van der Waals surface area contributed by atoms with Crippen LogP contribution in [0.3, 0.4) is 0 Å². The quantitative estimate of drug-likeness (QED) is 0.579. The fourth-order valence-electron chi connectivity index (χ4n) is 1.52. The molecule has 4 nitrogen and oxygen atoms in total. The van der Waals surface area contributed by atoms with E-state index >= 15 is 0 Å². The maximum Gasteiger partial charge on any atom is 0.277 e. The first-order valence-electron chi connectivity index (χ1n) is 4.35. The normalized spacial score (nSPS) is 20.2. The number of nitro benzene ring substituents is 1. The zero-order chi connectivity index (χ0) is 10.1. The van der Waals surface area contributed by atoms with Crippen LogP contribution < -0.4 is 5.32 Å². The van der Waals surface area contributed by atoms with Gasteiger partial charge in [-0.15, -0.1) is 0 Å². The molecule has 74 valence electrons. The lowest BCUT2D eigenvalue weighted by atomic mass is 9.96. The van der Waals surface area contributed by atoms with E-state index in [0.717, 1.165) is 19.0 Å². The van der Waals surface area contributed by atoms with Crippen molar-refractivity contribution in [2.24, 2.45) is 0 Å². The summed E-state index contributed by atoms with van der Waals surface area (Å²) in [7, 11) is 0. The van der Waals surface area contributed by atoms with Crippen molar-refractivity contribution in [1.82, 2.24) is 5.32 Å². The number of hydrogen-bond donors (Lipinski definition) is 1. The van der Waals surface area contributed by atoms with Crippen LogP contribution >= 0.6 is 0 Å². The standard InChI is InChI=1S/C9H9FN2O2/c10-6-1-2-7(8-3-4-11-8)9(5-6)12(13)14/h1-2,5,8,11H,3-4H2/t8-/m0/s1. The third kappa shape index (κ3) is 1.46. The highest BCUT2D eigenvalue weighted by atomic mass is 19.1. The highest BCUT2D eigenvalue weighted by molar-refractivity contribution is 5.43. The Balaban J connectivity index is 2.41. The van der Waals surface area contributed by atoms with Crippen molar-refractivity contribution < 1.29 is 9.31 Å². The van der Waals surface area contributed by atoms with Crippen molar-refractivity contribution in [3.63, 3.8) is 0 Å². The first kappa shape index (κ1) is 9.08. The topological polar surface area (TPSA) is 55.2 Å². The fraction of sp³-hybridized carbons (Fsp3) is 0.333. The van der Waals surface area contributed by atoms with Crippen LogP contribution in [0.5, 0.6) is 0 Å². The minimum Gasteiger partial charge on any atom is -0.310 e. The van der Waals surface area contributed by atoms with Gasteiger partial charge in [0.2, 0.25) is 0 Å². The second-order valence-corrected chi connectivity index (χ2v) is 3.26. The first-order valence-corrected chi connectivity index (χ1v) is 4.35. The maximum absolute atomic E-state index is 12.8. The monoisotopic (exact) mass is 196 g/mol. The Hall–Kier alpha value is -1.49. The summed E-state index contributed by atoms with van der Waals surface area (Å²) in [5.41, 5.74) is 0.435. The number of nitrogens with zero attached hydrogens (tertiary/aromatic N) is 1. The van der Waals surface area contributed by atoms with Gasteiger partial charge in [-0.05, 0) is 25.1 Å². The Bertz CT molecular complexity index is 377. The fourth-order valence-corrected chi connectivity index (χ4v) is 1.52. The Morgan fingerprint density at radius 3 is 2.79 bits per heavy atom. The molecule has 1 atom stereocenters. The summed E-state index contributed by atoms with van der Waals surface area (Å²) in [5.74, 6) is -0.570. The zero-order valence-corrected chi connectivity index (χ0v) is 7.37. The number of benzene rings is 1. The van der Waals surface area contributed by atoms with E-state index in [1.807, 2.05) is 0 Å². The average Bonchev–Trinajstić information content (AvgIpc) is 2.04. The van der Waals surface area contributed by atoms with Crippen LogP contribution in [-0.2, 0) is 0 Å². The Labute approximate surface area is 79.9 Å². The van der Waals surface area contributed by atoms with Crippen molar-refractivity contribution >= 4 is 5.69 Å². The summed E-state index contributed by atoms with van der Waals surface area (Å²) in [6.45, 7) is 0.860. The summed E-state index contributed by atoms with van der Waals surface area (Å²) in [6, 6.07) is 3.71. The summed E-state index contributed by atoms with van der Waals surface area (Å²) in [6.07, 6.45) is 0.868. The van der Waals surface area contributed by atoms with Gasteiger partial charge in [-0.3, -0.25) is 10.1 Å². The second kappa shape index (κ2) is 3.34. The molecule has 0 radical (unpaired) electrons. The number of hydrogen-bond acceptors (Lipinski definition) is 3. The third-order valence-electron chi connectivity index (χ3n) is 2.39. The second-order valence-electron chi connectivity index (χ2n) is 3.26.